The van der Waals surface area contributed by atoms with Crippen molar-refractivity contribution in [1.82, 2.24) is 4.98 Å². The smallest absolute Gasteiger partial charge is 0.0312 e. The van der Waals surface area contributed by atoms with Gasteiger partial charge in [-0.3, -0.25) is 0 Å². The zero-order valence-electron chi connectivity index (χ0n) is 7.46. The van der Waals surface area contributed by atoms with Crippen LogP contribution in [0.25, 0.3) is 0 Å². The van der Waals surface area contributed by atoms with Crippen LogP contribution in [0.5, 0.6) is 0 Å². The summed E-state index contributed by atoms with van der Waals surface area (Å²) in [5.74, 6) is 0.495. The molecule has 1 heterocycles. The van der Waals surface area contributed by atoms with Gasteiger partial charge in [0.15, 0.2) is 0 Å². The molecule has 5 N–H and O–H groups in total. The van der Waals surface area contributed by atoms with Gasteiger partial charge in [-0.25, -0.2) is 0 Å². The molecule has 0 amide bonds. The fraction of sp³-hybridized carbons (Fsp3) is 0.556. The van der Waals surface area contributed by atoms with Gasteiger partial charge in [-0.05, 0) is 30.5 Å². The summed E-state index contributed by atoms with van der Waals surface area (Å²) < 4.78 is 0. The van der Waals surface area contributed by atoms with Crippen molar-refractivity contribution in [2.45, 2.75) is 19.4 Å². The Morgan fingerprint density at radius 1 is 1.58 bits per heavy atom. The lowest BCUT2D eigenvalue weighted by molar-refractivity contribution is 0.482. The van der Waals surface area contributed by atoms with E-state index >= 15 is 0 Å². The van der Waals surface area contributed by atoms with E-state index in [1.54, 1.807) is 0 Å². The molecule has 0 aliphatic carbocycles. The molecule has 12 heavy (non-hydrogen) atoms. The number of hydrogen-bond donors (Lipinski definition) is 3. The van der Waals surface area contributed by atoms with Gasteiger partial charge in [0.2, 0.25) is 0 Å². The Kier molecular flexibility index (Phi) is 3.31. The van der Waals surface area contributed by atoms with Crippen LogP contribution in [-0.2, 0) is 0 Å². The van der Waals surface area contributed by atoms with Crippen LogP contribution in [0.15, 0.2) is 18.5 Å². The van der Waals surface area contributed by atoms with Gasteiger partial charge in [0.25, 0.3) is 0 Å². The first-order valence-corrected chi connectivity index (χ1v) is 4.32. The van der Waals surface area contributed by atoms with E-state index in [9.17, 15) is 0 Å². The van der Waals surface area contributed by atoms with E-state index in [-0.39, 0.29) is 6.04 Å². The molecule has 68 valence electrons. The molecule has 0 spiro atoms. The van der Waals surface area contributed by atoms with Crippen molar-refractivity contribution in [2.75, 3.05) is 6.54 Å². The van der Waals surface area contributed by atoms with Crippen molar-refractivity contribution in [3.63, 3.8) is 0 Å². The third-order valence-electron chi connectivity index (χ3n) is 2.11. The van der Waals surface area contributed by atoms with Gasteiger partial charge in [-0.15, -0.1) is 0 Å². The summed E-state index contributed by atoms with van der Waals surface area (Å²) in [4.78, 5) is 2.99. The van der Waals surface area contributed by atoms with E-state index in [1.807, 2.05) is 18.5 Å². The predicted molar refractivity (Wildman–Crippen MR) is 50.6 cm³/mol. The molecule has 0 aliphatic rings. The average molecular weight is 167 g/mol. The van der Waals surface area contributed by atoms with E-state index in [0.717, 1.165) is 12.0 Å². The maximum Gasteiger partial charge on any atom is 0.0312 e. The molecular formula is C9H17N3. The maximum atomic E-state index is 5.94. The quantitative estimate of drug-likeness (QED) is 0.626. The topological polar surface area (TPSA) is 67.8 Å². The molecule has 1 rings (SSSR count). The minimum Gasteiger partial charge on any atom is -0.367 e. The Morgan fingerprint density at radius 2 is 2.33 bits per heavy atom. The third kappa shape index (κ3) is 2.36. The normalized spacial score (nSPS) is 15.9. The zero-order chi connectivity index (χ0) is 8.97. The van der Waals surface area contributed by atoms with E-state index in [2.05, 4.69) is 11.9 Å². The lowest BCUT2D eigenvalue weighted by atomic mass is 9.99. The highest BCUT2D eigenvalue weighted by Crippen LogP contribution is 2.17. The number of nitrogens with two attached hydrogens (primary N) is 2. The summed E-state index contributed by atoms with van der Waals surface area (Å²) in [5.41, 5.74) is 12.6. The van der Waals surface area contributed by atoms with Gasteiger partial charge in [-0.1, -0.05) is 6.92 Å². The van der Waals surface area contributed by atoms with Crippen molar-refractivity contribution in [1.29, 1.82) is 0 Å². The first-order valence-electron chi connectivity index (χ1n) is 4.32. The number of H-pyrrole nitrogens is 1. The molecule has 0 saturated carbocycles. The van der Waals surface area contributed by atoms with E-state index in [0.29, 0.717) is 12.5 Å². The Bertz CT molecular complexity index is 206. The lowest BCUT2D eigenvalue weighted by Gasteiger charge is -2.14. The second kappa shape index (κ2) is 4.28. The van der Waals surface area contributed by atoms with E-state index in [1.165, 1.54) is 0 Å². The van der Waals surface area contributed by atoms with Crippen LogP contribution in [0.3, 0.4) is 0 Å². The second-order valence-corrected chi connectivity index (χ2v) is 3.33. The molecule has 0 aromatic carbocycles. The van der Waals surface area contributed by atoms with Crippen LogP contribution in [0.2, 0.25) is 0 Å². The maximum absolute atomic E-state index is 5.94. The molecule has 0 aliphatic heterocycles. The van der Waals surface area contributed by atoms with Crippen molar-refractivity contribution in [2.24, 2.45) is 17.4 Å². The molecule has 3 nitrogen and oxygen atoms in total. The van der Waals surface area contributed by atoms with Gasteiger partial charge < -0.3 is 16.5 Å². The van der Waals surface area contributed by atoms with Crippen molar-refractivity contribution >= 4 is 0 Å². The highest BCUT2D eigenvalue weighted by atomic mass is 14.7. The third-order valence-corrected chi connectivity index (χ3v) is 2.11. The van der Waals surface area contributed by atoms with Crippen LogP contribution in [0.4, 0.5) is 0 Å². The fourth-order valence-electron chi connectivity index (χ4n) is 1.23. The monoisotopic (exact) mass is 167 g/mol. The SMILES string of the molecule is CC(CN)CC(N)c1cc[nH]c1. The molecule has 2 atom stereocenters. The number of aromatic nitrogens is 1. The molecule has 1 aromatic heterocycles. The largest absolute Gasteiger partial charge is 0.367 e. The van der Waals surface area contributed by atoms with Gasteiger partial charge in [0.1, 0.15) is 0 Å². The van der Waals surface area contributed by atoms with Crippen molar-refractivity contribution < 1.29 is 0 Å². The second-order valence-electron chi connectivity index (χ2n) is 3.33. The van der Waals surface area contributed by atoms with Crippen LogP contribution in [-0.4, -0.2) is 11.5 Å². The summed E-state index contributed by atoms with van der Waals surface area (Å²) in [7, 11) is 0. The minimum atomic E-state index is 0.120. The predicted octanol–water partition coefficient (Wildman–Crippen LogP) is 0.999. The molecule has 2 unspecified atom stereocenters. The van der Waals surface area contributed by atoms with Crippen LogP contribution < -0.4 is 11.5 Å². The van der Waals surface area contributed by atoms with Crippen molar-refractivity contribution in [3.8, 4) is 0 Å². The van der Waals surface area contributed by atoms with E-state index in [4.69, 9.17) is 11.5 Å². The van der Waals surface area contributed by atoms with Gasteiger partial charge in [0, 0.05) is 18.4 Å². The summed E-state index contributed by atoms with van der Waals surface area (Å²) in [5, 5.41) is 0. The highest BCUT2D eigenvalue weighted by molar-refractivity contribution is 5.13. The standard InChI is InChI=1S/C9H17N3/c1-7(5-10)4-9(11)8-2-3-12-6-8/h2-3,6-7,9,12H,4-5,10-11H2,1H3. The highest BCUT2D eigenvalue weighted by Gasteiger charge is 2.09. The Morgan fingerprint density at radius 3 is 2.83 bits per heavy atom. The van der Waals surface area contributed by atoms with Crippen LogP contribution in [0, 0.1) is 5.92 Å². The molecule has 1 aromatic rings. The summed E-state index contributed by atoms with van der Waals surface area (Å²) in [6, 6.07) is 2.13. The number of rotatable bonds is 4. The molecule has 0 fully saturated rings. The number of aromatic amines is 1. The Balaban J connectivity index is 2.44. The van der Waals surface area contributed by atoms with Crippen LogP contribution in [0.1, 0.15) is 24.9 Å². The molecule has 3 heteroatoms. The summed E-state index contributed by atoms with van der Waals surface area (Å²) in [6.45, 7) is 2.82. The zero-order valence-corrected chi connectivity index (χ0v) is 7.46. The lowest BCUT2D eigenvalue weighted by Crippen LogP contribution is -2.18. The summed E-state index contributed by atoms with van der Waals surface area (Å²) >= 11 is 0. The Labute approximate surface area is 73.1 Å². The van der Waals surface area contributed by atoms with Crippen LogP contribution >= 0.6 is 0 Å². The molecule has 0 bridgehead atoms. The van der Waals surface area contributed by atoms with Gasteiger partial charge in [0.05, 0.1) is 0 Å². The van der Waals surface area contributed by atoms with Gasteiger partial charge >= 0.3 is 0 Å². The van der Waals surface area contributed by atoms with Gasteiger partial charge in [-0.2, -0.15) is 0 Å². The first-order chi connectivity index (χ1) is 5.74. The fourth-order valence-corrected chi connectivity index (χ4v) is 1.23. The van der Waals surface area contributed by atoms with Crippen molar-refractivity contribution in [3.05, 3.63) is 24.0 Å². The number of hydrogen-bond acceptors (Lipinski definition) is 2. The van der Waals surface area contributed by atoms with E-state index < -0.39 is 0 Å². The summed E-state index contributed by atoms with van der Waals surface area (Å²) in [6.07, 6.45) is 4.78. The molecular weight excluding hydrogens is 150 g/mol. The first kappa shape index (κ1) is 9.29. The average Bonchev–Trinajstić information content (AvgIpc) is 2.56. The molecule has 0 saturated heterocycles. The Hall–Kier alpha value is -0.800. The minimum absolute atomic E-state index is 0.120. The molecule has 0 radical (unpaired) electrons. The number of nitrogens with one attached hydrogen (secondary N) is 1.